The lowest BCUT2D eigenvalue weighted by molar-refractivity contribution is 0.500. The van der Waals surface area contributed by atoms with Crippen molar-refractivity contribution >= 4 is 11.5 Å². The highest BCUT2D eigenvalue weighted by molar-refractivity contribution is 5.57. The molecule has 0 amide bonds. The van der Waals surface area contributed by atoms with Gasteiger partial charge in [-0.05, 0) is 30.7 Å². The molecule has 0 aliphatic carbocycles. The van der Waals surface area contributed by atoms with Crippen LogP contribution in [0, 0.1) is 6.92 Å². The van der Waals surface area contributed by atoms with Gasteiger partial charge in [0, 0.05) is 38.1 Å². The van der Waals surface area contributed by atoms with Crippen molar-refractivity contribution in [1.82, 2.24) is 39.6 Å². The summed E-state index contributed by atoms with van der Waals surface area (Å²) in [4.78, 5) is 9.94. The molecule has 0 unspecified atom stereocenters. The molecule has 0 fully saturated rings. The largest absolute Gasteiger partial charge is 0.402 e. The number of aromatic amines is 1. The highest BCUT2D eigenvalue weighted by Crippen LogP contribution is 2.37. The first kappa shape index (κ1) is 17.0. The number of nitrogens with one attached hydrogen (secondary N) is 1. The van der Waals surface area contributed by atoms with Crippen LogP contribution >= 0.6 is 0 Å². The minimum absolute atomic E-state index is 0.223. The Hall–Kier alpha value is -3.95. The van der Waals surface area contributed by atoms with Crippen molar-refractivity contribution in [3.05, 3.63) is 65.6 Å². The van der Waals surface area contributed by atoms with Crippen molar-refractivity contribution < 1.29 is 4.42 Å². The number of aromatic nitrogens is 8. The standard InChI is InChI=1S/C20H19N9O/c1-12-4-3-8-29-16(12)10-14(26-29)18-17-13(21-11-22-17)6-9-28(18)20-25-24-19(30-20)15-5-7-23-27(15)2/h3-5,7-8,10-11,18H,6,9H2,1-2H3,(H,21,22)/t18-/m0/s1. The van der Waals surface area contributed by atoms with Crippen molar-refractivity contribution in [2.45, 2.75) is 19.4 Å². The molecule has 5 aromatic heterocycles. The molecule has 1 aliphatic heterocycles. The number of anilines is 1. The van der Waals surface area contributed by atoms with Crippen LogP contribution in [0.25, 0.3) is 17.1 Å². The van der Waals surface area contributed by atoms with E-state index in [1.807, 2.05) is 29.9 Å². The minimum atomic E-state index is -0.223. The molecule has 6 heterocycles. The van der Waals surface area contributed by atoms with Gasteiger partial charge in [0.15, 0.2) is 0 Å². The fraction of sp³-hybridized carbons (Fsp3) is 0.250. The zero-order valence-electron chi connectivity index (χ0n) is 16.5. The normalized spacial score (nSPS) is 16.3. The fourth-order valence-electron chi connectivity index (χ4n) is 4.11. The van der Waals surface area contributed by atoms with Crippen LogP contribution in [0.3, 0.4) is 0 Å². The summed E-state index contributed by atoms with van der Waals surface area (Å²) in [5.41, 5.74) is 5.93. The number of H-pyrrole nitrogens is 1. The molecule has 30 heavy (non-hydrogen) atoms. The van der Waals surface area contributed by atoms with Crippen LogP contribution in [-0.2, 0) is 13.5 Å². The lowest BCUT2D eigenvalue weighted by atomic mass is 10.00. The van der Waals surface area contributed by atoms with Crippen molar-refractivity contribution in [3.63, 3.8) is 0 Å². The van der Waals surface area contributed by atoms with Gasteiger partial charge in [-0.25, -0.2) is 9.50 Å². The molecule has 0 saturated heterocycles. The smallest absolute Gasteiger partial charge is 0.319 e. The molecule has 0 radical (unpaired) electrons. The fourth-order valence-corrected chi connectivity index (χ4v) is 4.11. The van der Waals surface area contributed by atoms with E-state index >= 15 is 0 Å². The zero-order chi connectivity index (χ0) is 20.2. The Balaban J connectivity index is 1.47. The van der Waals surface area contributed by atoms with E-state index in [-0.39, 0.29) is 6.04 Å². The van der Waals surface area contributed by atoms with Crippen molar-refractivity contribution in [3.8, 4) is 11.6 Å². The van der Waals surface area contributed by atoms with Crippen LogP contribution < -0.4 is 4.90 Å². The van der Waals surface area contributed by atoms with Crippen molar-refractivity contribution in [2.24, 2.45) is 7.05 Å². The average molecular weight is 401 g/mol. The van der Waals surface area contributed by atoms with Crippen LogP contribution in [0.1, 0.15) is 28.7 Å². The second-order valence-corrected chi connectivity index (χ2v) is 7.43. The monoisotopic (exact) mass is 401 g/mol. The Bertz CT molecular complexity index is 1360. The predicted octanol–water partition coefficient (Wildman–Crippen LogP) is 2.30. The highest BCUT2D eigenvalue weighted by atomic mass is 16.4. The van der Waals surface area contributed by atoms with Crippen LogP contribution in [0.2, 0.25) is 0 Å². The Kier molecular flexibility index (Phi) is 3.55. The lowest BCUT2D eigenvalue weighted by Gasteiger charge is -2.32. The van der Waals surface area contributed by atoms with E-state index in [2.05, 4.69) is 49.2 Å². The second-order valence-electron chi connectivity index (χ2n) is 7.43. The Labute approximate surface area is 171 Å². The summed E-state index contributed by atoms with van der Waals surface area (Å²) in [5, 5.41) is 17.6. The van der Waals surface area contributed by atoms with Crippen LogP contribution in [0.5, 0.6) is 0 Å². The maximum absolute atomic E-state index is 6.06. The summed E-state index contributed by atoms with van der Waals surface area (Å²) in [6.45, 7) is 2.79. The summed E-state index contributed by atoms with van der Waals surface area (Å²) in [5.74, 6) is 0.433. The minimum Gasteiger partial charge on any atom is -0.402 e. The van der Waals surface area contributed by atoms with Crippen LogP contribution in [0.15, 0.2) is 47.4 Å². The number of fused-ring (bicyclic) bond motifs is 2. The van der Waals surface area contributed by atoms with Gasteiger partial charge in [0.25, 0.3) is 5.89 Å². The third-order valence-corrected chi connectivity index (χ3v) is 5.64. The first-order chi connectivity index (χ1) is 14.7. The molecule has 10 heteroatoms. The van der Waals surface area contributed by atoms with E-state index in [0.717, 1.165) is 40.3 Å². The van der Waals surface area contributed by atoms with Crippen molar-refractivity contribution in [2.75, 3.05) is 11.4 Å². The van der Waals surface area contributed by atoms with Gasteiger partial charge in [0.1, 0.15) is 11.7 Å². The zero-order valence-corrected chi connectivity index (χ0v) is 16.5. The molecular formula is C20H19N9O. The van der Waals surface area contributed by atoms with Gasteiger partial charge in [0.05, 0.1) is 23.2 Å². The quantitative estimate of drug-likeness (QED) is 0.494. The molecular weight excluding hydrogens is 382 g/mol. The van der Waals surface area contributed by atoms with E-state index in [0.29, 0.717) is 18.5 Å². The van der Waals surface area contributed by atoms with Crippen molar-refractivity contribution in [1.29, 1.82) is 0 Å². The maximum Gasteiger partial charge on any atom is 0.319 e. The summed E-state index contributed by atoms with van der Waals surface area (Å²) >= 11 is 0. The number of rotatable bonds is 3. The van der Waals surface area contributed by atoms with Gasteiger partial charge in [0.2, 0.25) is 0 Å². The molecule has 0 saturated carbocycles. The SMILES string of the molecule is Cc1cccn2nc([C@H]3c4nc[nH]c4CCN3c3nnc(-c4ccnn4C)o3)cc12. The van der Waals surface area contributed by atoms with E-state index in [1.54, 1.807) is 17.2 Å². The molecule has 10 nitrogen and oxygen atoms in total. The van der Waals surface area contributed by atoms with Gasteiger partial charge < -0.3 is 14.3 Å². The maximum atomic E-state index is 6.06. The lowest BCUT2D eigenvalue weighted by Crippen LogP contribution is -2.36. The first-order valence-electron chi connectivity index (χ1n) is 9.74. The second kappa shape index (κ2) is 6.28. The number of imidazole rings is 1. The highest BCUT2D eigenvalue weighted by Gasteiger charge is 2.36. The van der Waals surface area contributed by atoms with E-state index in [1.165, 1.54) is 0 Å². The average Bonchev–Trinajstić information content (AvgIpc) is 3.52. The third kappa shape index (κ3) is 2.46. The molecule has 1 N–H and O–H groups in total. The van der Waals surface area contributed by atoms with Gasteiger partial charge in [-0.3, -0.25) is 4.68 Å². The molecule has 0 spiro atoms. The third-order valence-electron chi connectivity index (χ3n) is 5.64. The molecule has 1 aliphatic rings. The molecule has 0 bridgehead atoms. The summed E-state index contributed by atoms with van der Waals surface area (Å²) in [6.07, 6.45) is 6.20. The molecule has 150 valence electrons. The van der Waals surface area contributed by atoms with Gasteiger partial charge in [-0.2, -0.15) is 10.2 Å². The topological polar surface area (TPSA) is 106 Å². The molecule has 1 atom stereocenters. The Morgan fingerprint density at radius 1 is 1.23 bits per heavy atom. The van der Waals surface area contributed by atoms with Gasteiger partial charge in [-0.1, -0.05) is 11.2 Å². The summed E-state index contributed by atoms with van der Waals surface area (Å²) < 4.78 is 9.67. The van der Waals surface area contributed by atoms with Crippen LogP contribution in [0.4, 0.5) is 6.01 Å². The molecule has 6 rings (SSSR count). The predicted molar refractivity (Wildman–Crippen MR) is 108 cm³/mol. The number of hydrogen-bond acceptors (Lipinski definition) is 7. The number of nitrogens with zero attached hydrogens (tertiary/aromatic N) is 8. The van der Waals surface area contributed by atoms with E-state index in [9.17, 15) is 0 Å². The number of pyridine rings is 1. The van der Waals surface area contributed by atoms with Crippen LogP contribution in [-0.4, -0.2) is 46.1 Å². The van der Waals surface area contributed by atoms with Gasteiger partial charge >= 0.3 is 6.01 Å². The van der Waals surface area contributed by atoms with E-state index in [4.69, 9.17) is 9.52 Å². The number of aryl methyl sites for hydroxylation is 2. The van der Waals surface area contributed by atoms with E-state index < -0.39 is 0 Å². The Morgan fingerprint density at radius 3 is 3.00 bits per heavy atom. The number of hydrogen-bond donors (Lipinski definition) is 1. The molecule has 0 aromatic carbocycles. The van der Waals surface area contributed by atoms with Gasteiger partial charge in [-0.15, -0.1) is 5.10 Å². The first-order valence-corrected chi connectivity index (χ1v) is 9.74. The molecule has 5 aromatic rings. The Morgan fingerprint density at radius 2 is 2.17 bits per heavy atom. The summed E-state index contributed by atoms with van der Waals surface area (Å²) in [6, 6.07) is 8.25. The summed E-state index contributed by atoms with van der Waals surface area (Å²) in [7, 11) is 1.85.